The van der Waals surface area contributed by atoms with Gasteiger partial charge in [-0.2, -0.15) is 0 Å². The molecule has 7 nitrogen and oxygen atoms in total. The summed E-state index contributed by atoms with van der Waals surface area (Å²) in [5.41, 5.74) is -0.328. The Hall–Kier alpha value is -2.78. The van der Waals surface area contributed by atoms with E-state index in [2.05, 4.69) is 86.4 Å². The number of ether oxygens (including phenoxy) is 2. The molecule has 2 aliphatic rings. The van der Waals surface area contributed by atoms with E-state index < -0.39 is 26.0 Å². The molecule has 0 aliphatic carbocycles. The fraction of sp³-hybridized carbons (Fsp3) is 0.484. The van der Waals surface area contributed by atoms with Gasteiger partial charge in [0.05, 0.1) is 12.7 Å². The van der Waals surface area contributed by atoms with Crippen LogP contribution in [-0.2, 0) is 13.9 Å². The Balaban J connectivity index is 1.40. The second-order valence-corrected chi connectivity index (χ2v) is 16.3. The first kappa shape index (κ1) is 27.8. The second kappa shape index (κ2) is 11.0. The molecular weight excluding hydrogens is 508 g/mol. The molecule has 8 heteroatoms. The Kier molecular flexibility index (Phi) is 7.83. The number of benzene rings is 2. The van der Waals surface area contributed by atoms with E-state index in [1.807, 2.05) is 0 Å². The summed E-state index contributed by atoms with van der Waals surface area (Å²) in [5, 5.41) is 2.38. The summed E-state index contributed by atoms with van der Waals surface area (Å²) < 4.78 is 21.9. The summed E-state index contributed by atoms with van der Waals surface area (Å²) in [5.74, 6) is -0.760. The lowest BCUT2D eigenvalue weighted by atomic mass is 9.94. The summed E-state index contributed by atoms with van der Waals surface area (Å²) in [6.07, 6.45) is 5.97. The van der Waals surface area contributed by atoms with Crippen LogP contribution in [0.25, 0.3) is 0 Å². The molecule has 2 aromatic carbocycles. The lowest BCUT2D eigenvalue weighted by Crippen LogP contribution is -2.67. The van der Waals surface area contributed by atoms with Crippen LogP contribution in [0, 0.1) is 6.92 Å². The van der Waals surface area contributed by atoms with Gasteiger partial charge in [-0.15, -0.1) is 0 Å². The number of nitrogens with zero attached hydrogens (tertiary/aromatic N) is 1. The zero-order valence-corrected chi connectivity index (χ0v) is 24.4. The summed E-state index contributed by atoms with van der Waals surface area (Å²) >= 11 is 0. The Morgan fingerprint density at radius 2 is 1.54 bits per heavy atom. The van der Waals surface area contributed by atoms with Crippen molar-refractivity contribution >= 4 is 18.7 Å². The molecular formula is C31H40N2O5Si. The lowest BCUT2D eigenvalue weighted by Gasteiger charge is -2.47. The molecule has 2 fully saturated rings. The third-order valence-corrected chi connectivity index (χ3v) is 13.2. The molecule has 1 N–H and O–H groups in total. The quantitative estimate of drug-likeness (QED) is 0.462. The Morgan fingerprint density at radius 1 is 0.949 bits per heavy atom. The Labute approximate surface area is 231 Å². The maximum absolute atomic E-state index is 12.6. The number of hydrogen-bond donors (Lipinski definition) is 1. The maximum Gasteiger partial charge on any atom is 0.330 e. The average Bonchev–Trinajstić information content (AvgIpc) is 2.92. The van der Waals surface area contributed by atoms with Crippen molar-refractivity contribution in [1.82, 2.24) is 9.55 Å². The van der Waals surface area contributed by atoms with Crippen LogP contribution in [0.3, 0.4) is 0 Å². The summed E-state index contributed by atoms with van der Waals surface area (Å²) in [7, 11) is -2.68. The molecule has 3 heterocycles. The van der Waals surface area contributed by atoms with Crippen LogP contribution in [0.15, 0.2) is 76.4 Å². The normalized spacial score (nSPS) is 24.1. The van der Waals surface area contributed by atoms with E-state index in [1.165, 1.54) is 14.9 Å². The molecule has 3 aromatic rings. The van der Waals surface area contributed by atoms with Crippen molar-refractivity contribution in [3.63, 3.8) is 0 Å². The van der Waals surface area contributed by atoms with Crippen LogP contribution in [-0.4, -0.2) is 36.4 Å². The van der Waals surface area contributed by atoms with Crippen LogP contribution < -0.4 is 21.6 Å². The van der Waals surface area contributed by atoms with Gasteiger partial charge in [-0.25, -0.2) is 4.79 Å². The van der Waals surface area contributed by atoms with Gasteiger partial charge < -0.3 is 13.9 Å². The number of H-pyrrole nitrogens is 1. The zero-order chi connectivity index (χ0) is 27.7. The molecule has 208 valence electrons. The van der Waals surface area contributed by atoms with E-state index in [0.717, 1.165) is 32.1 Å². The number of nitrogens with one attached hydrogen (secondary N) is 1. The van der Waals surface area contributed by atoms with Crippen LogP contribution in [0.2, 0.25) is 5.04 Å². The minimum Gasteiger partial charge on any atom is -0.405 e. The smallest absolute Gasteiger partial charge is 0.330 e. The van der Waals surface area contributed by atoms with Gasteiger partial charge >= 0.3 is 5.69 Å². The standard InChI is InChI=1S/C31H40N2O5Si/c1-23-21-33(29(35)32-28(23)34)27-18-12-20-31(38-27)19-11-13-24(37-31)22-36-39(30(2,3)4,25-14-7-5-8-15-25)26-16-9-6-10-17-26/h5-10,14-17,21,24,27H,11-13,18-20,22H2,1-4H3,(H,32,34,35)/t24-,27-,31-/m0/s1. The molecule has 0 unspecified atom stereocenters. The summed E-state index contributed by atoms with van der Waals surface area (Å²) in [6.45, 7) is 9.01. The molecule has 1 aromatic heterocycles. The highest BCUT2D eigenvalue weighted by Gasteiger charge is 2.51. The predicted molar refractivity (Wildman–Crippen MR) is 155 cm³/mol. The van der Waals surface area contributed by atoms with Crippen molar-refractivity contribution in [1.29, 1.82) is 0 Å². The number of aromatic amines is 1. The van der Waals surface area contributed by atoms with E-state index in [-0.39, 0.29) is 16.7 Å². The fourth-order valence-electron chi connectivity index (χ4n) is 6.30. The molecule has 0 amide bonds. The highest BCUT2D eigenvalue weighted by atomic mass is 28.4. The molecule has 0 bridgehead atoms. The van der Waals surface area contributed by atoms with E-state index in [9.17, 15) is 9.59 Å². The van der Waals surface area contributed by atoms with Crippen LogP contribution in [0.4, 0.5) is 0 Å². The minimum atomic E-state index is -2.68. The van der Waals surface area contributed by atoms with Crippen molar-refractivity contribution < 1.29 is 13.9 Å². The van der Waals surface area contributed by atoms with Crippen LogP contribution in [0.5, 0.6) is 0 Å². The molecule has 5 rings (SSSR count). The molecule has 0 radical (unpaired) electrons. The van der Waals surface area contributed by atoms with Gasteiger partial charge in [-0.1, -0.05) is 81.4 Å². The number of aromatic nitrogens is 2. The van der Waals surface area contributed by atoms with Gasteiger partial charge in [0.1, 0.15) is 6.23 Å². The molecule has 1 spiro atoms. The van der Waals surface area contributed by atoms with Gasteiger partial charge in [0.15, 0.2) is 5.79 Å². The molecule has 3 atom stereocenters. The van der Waals surface area contributed by atoms with E-state index >= 15 is 0 Å². The number of hydrogen-bond acceptors (Lipinski definition) is 5. The number of aryl methyl sites for hydroxylation is 1. The monoisotopic (exact) mass is 548 g/mol. The Bertz CT molecular complexity index is 1340. The van der Waals surface area contributed by atoms with Gasteiger partial charge in [0.25, 0.3) is 13.9 Å². The van der Waals surface area contributed by atoms with Crippen molar-refractivity contribution in [2.24, 2.45) is 0 Å². The fourth-order valence-corrected chi connectivity index (χ4v) is 10.9. The van der Waals surface area contributed by atoms with Gasteiger partial charge in [-0.05, 0) is 48.0 Å². The topological polar surface area (TPSA) is 82.6 Å². The molecule has 2 aliphatic heterocycles. The van der Waals surface area contributed by atoms with E-state index in [0.29, 0.717) is 18.6 Å². The summed E-state index contributed by atoms with van der Waals surface area (Å²) in [4.78, 5) is 26.9. The predicted octanol–water partition coefficient (Wildman–Crippen LogP) is 4.39. The van der Waals surface area contributed by atoms with Crippen molar-refractivity contribution in [2.45, 2.75) is 89.4 Å². The highest BCUT2D eigenvalue weighted by molar-refractivity contribution is 6.99. The van der Waals surface area contributed by atoms with Gasteiger partial charge in [0.2, 0.25) is 0 Å². The summed E-state index contributed by atoms with van der Waals surface area (Å²) in [6, 6.07) is 21.3. The van der Waals surface area contributed by atoms with Crippen molar-refractivity contribution in [2.75, 3.05) is 6.61 Å². The van der Waals surface area contributed by atoms with Crippen molar-refractivity contribution in [3.8, 4) is 0 Å². The van der Waals surface area contributed by atoms with E-state index in [1.54, 1.807) is 13.1 Å². The first-order valence-corrected chi connectivity index (χ1v) is 16.0. The second-order valence-electron chi connectivity index (χ2n) is 12.0. The van der Waals surface area contributed by atoms with Gasteiger partial charge in [-0.3, -0.25) is 14.3 Å². The molecule has 2 saturated heterocycles. The first-order chi connectivity index (χ1) is 18.6. The minimum absolute atomic E-state index is 0.113. The molecule has 0 saturated carbocycles. The van der Waals surface area contributed by atoms with Crippen molar-refractivity contribution in [3.05, 3.63) is 93.3 Å². The Morgan fingerprint density at radius 3 is 2.13 bits per heavy atom. The largest absolute Gasteiger partial charge is 0.405 e. The third-order valence-electron chi connectivity index (χ3n) is 8.18. The SMILES string of the molecule is Cc1cn([C@@H]2CCC[C@]3(CCC[C@@H](CO[Si](c4ccccc4)(c4ccccc4)C(C)(C)C)O3)O2)c(=O)[nH]c1=O. The average molecular weight is 549 g/mol. The zero-order valence-electron chi connectivity index (χ0n) is 23.4. The van der Waals surface area contributed by atoms with E-state index in [4.69, 9.17) is 13.9 Å². The maximum atomic E-state index is 12.6. The molecule has 39 heavy (non-hydrogen) atoms. The van der Waals surface area contributed by atoms with Gasteiger partial charge in [0, 0.05) is 24.6 Å². The van der Waals surface area contributed by atoms with Crippen LogP contribution >= 0.6 is 0 Å². The van der Waals surface area contributed by atoms with Crippen LogP contribution in [0.1, 0.15) is 71.1 Å². The first-order valence-electron chi connectivity index (χ1n) is 14.1. The highest BCUT2D eigenvalue weighted by Crippen LogP contribution is 2.43. The third kappa shape index (κ3) is 5.48. The number of rotatable bonds is 6. The lowest BCUT2D eigenvalue weighted by molar-refractivity contribution is -0.330.